The lowest BCUT2D eigenvalue weighted by Crippen LogP contribution is -1.95. The molecule has 0 saturated carbocycles. The fourth-order valence-electron chi connectivity index (χ4n) is 2.27. The van der Waals surface area contributed by atoms with Gasteiger partial charge in [0.25, 0.3) is 0 Å². The van der Waals surface area contributed by atoms with Gasteiger partial charge in [-0.3, -0.25) is 4.98 Å². The first kappa shape index (κ1) is 16.4. The smallest absolute Gasteiger partial charge is 0.119 e. The number of halogens is 2. The second-order valence-electron chi connectivity index (χ2n) is 4.83. The molecule has 2 aromatic carbocycles. The van der Waals surface area contributed by atoms with E-state index in [-0.39, 0.29) is 12.4 Å². The van der Waals surface area contributed by atoms with E-state index in [1.807, 2.05) is 55.5 Å². The Kier molecular flexibility index (Phi) is 5.11. The first-order valence-electron chi connectivity index (χ1n) is 6.64. The van der Waals surface area contributed by atoms with Crippen molar-refractivity contribution in [2.75, 3.05) is 12.4 Å². The number of hydrogen-bond acceptors (Lipinski definition) is 3. The molecule has 1 aromatic heterocycles. The van der Waals surface area contributed by atoms with Crippen LogP contribution in [0.4, 0.5) is 11.4 Å². The van der Waals surface area contributed by atoms with Gasteiger partial charge in [-0.2, -0.15) is 0 Å². The van der Waals surface area contributed by atoms with Crippen molar-refractivity contribution < 1.29 is 4.74 Å². The molecule has 3 nitrogen and oxygen atoms in total. The van der Waals surface area contributed by atoms with Crippen LogP contribution in [0.3, 0.4) is 0 Å². The highest BCUT2D eigenvalue weighted by Crippen LogP contribution is 2.28. The van der Waals surface area contributed by atoms with Crippen molar-refractivity contribution in [2.45, 2.75) is 6.92 Å². The van der Waals surface area contributed by atoms with Crippen molar-refractivity contribution in [1.29, 1.82) is 0 Å². The van der Waals surface area contributed by atoms with E-state index < -0.39 is 0 Å². The van der Waals surface area contributed by atoms with E-state index in [4.69, 9.17) is 16.3 Å². The summed E-state index contributed by atoms with van der Waals surface area (Å²) in [6, 6.07) is 15.6. The topological polar surface area (TPSA) is 34.1 Å². The van der Waals surface area contributed by atoms with Crippen molar-refractivity contribution in [3.8, 4) is 5.75 Å². The summed E-state index contributed by atoms with van der Waals surface area (Å²) < 4.78 is 5.17. The molecule has 0 aliphatic heterocycles. The molecule has 0 amide bonds. The van der Waals surface area contributed by atoms with Crippen LogP contribution in [0, 0.1) is 6.92 Å². The number of ether oxygens (including phenoxy) is 1. The normalized spacial score (nSPS) is 10.1. The molecule has 3 rings (SSSR count). The van der Waals surface area contributed by atoms with E-state index in [1.54, 1.807) is 7.11 Å². The van der Waals surface area contributed by atoms with Gasteiger partial charge in [0.1, 0.15) is 5.75 Å². The van der Waals surface area contributed by atoms with Crippen LogP contribution in [0.2, 0.25) is 5.02 Å². The minimum atomic E-state index is 0. The van der Waals surface area contributed by atoms with Gasteiger partial charge in [0, 0.05) is 27.5 Å². The Morgan fingerprint density at radius 1 is 1.05 bits per heavy atom. The first-order valence-corrected chi connectivity index (χ1v) is 7.01. The fourth-order valence-corrected chi connectivity index (χ4v) is 2.43. The maximum absolute atomic E-state index is 6.04. The second-order valence-corrected chi connectivity index (χ2v) is 5.26. The molecule has 0 atom stereocenters. The number of nitrogens with one attached hydrogen (secondary N) is 1. The Morgan fingerprint density at radius 3 is 2.45 bits per heavy atom. The molecule has 1 N–H and O–H groups in total. The van der Waals surface area contributed by atoms with E-state index in [0.717, 1.165) is 33.7 Å². The maximum atomic E-state index is 6.04. The van der Waals surface area contributed by atoms with Gasteiger partial charge in [-0.05, 0) is 55.5 Å². The van der Waals surface area contributed by atoms with Crippen LogP contribution in [0.15, 0.2) is 48.5 Å². The summed E-state index contributed by atoms with van der Waals surface area (Å²) in [5.74, 6) is 0.836. The number of benzene rings is 2. The van der Waals surface area contributed by atoms with Crippen molar-refractivity contribution in [2.24, 2.45) is 0 Å². The quantitative estimate of drug-likeness (QED) is 0.699. The van der Waals surface area contributed by atoms with Crippen LogP contribution in [-0.4, -0.2) is 12.1 Å². The van der Waals surface area contributed by atoms with E-state index in [9.17, 15) is 0 Å². The summed E-state index contributed by atoms with van der Waals surface area (Å²) in [7, 11) is 1.66. The molecule has 5 heteroatoms. The van der Waals surface area contributed by atoms with Crippen molar-refractivity contribution in [1.82, 2.24) is 4.98 Å². The summed E-state index contributed by atoms with van der Waals surface area (Å²) in [5.41, 5.74) is 3.84. The third-order valence-electron chi connectivity index (χ3n) is 3.27. The van der Waals surface area contributed by atoms with Crippen LogP contribution in [0.1, 0.15) is 5.69 Å². The predicted molar refractivity (Wildman–Crippen MR) is 95.0 cm³/mol. The van der Waals surface area contributed by atoms with Gasteiger partial charge >= 0.3 is 0 Å². The largest absolute Gasteiger partial charge is 0.497 e. The highest BCUT2D eigenvalue weighted by atomic mass is 35.5. The molecule has 0 aliphatic rings. The number of methoxy groups -OCH3 is 1. The fraction of sp³-hybridized carbons (Fsp3) is 0.118. The van der Waals surface area contributed by atoms with Crippen LogP contribution < -0.4 is 10.1 Å². The minimum absolute atomic E-state index is 0. The summed E-state index contributed by atoms with van der Waals surface area (Å²) in [6.07, 6.45) is 0. The van der Waals surface area contributed by atoms with Crippen molar-refractivity contribution in [3.63, 3.8) is 0 Å². The monoisotopic (exact) mass is 334 g/mol. The zero-order valence-electron chi connectivity index (χ0n) is 12.3. The number of nitrogens with zero attached hydrogens (tertiary/aromatic N) is 1. The Morgan fingerprint density at radius 2 is 1.77 bits per heavy atom. The minimum Gasteiger partial charge on any atom is -0.497 e. The molecule has 0 bridgehead atoms. The van der Waals surface area contributed by atoms with Crippen molar-refractivity contribution >= 4 is 46.3 Å². The third-order valence-corrected chi connectivity index (χ3v) is 3.50. The van der Waals surface area contributed by atoms with Crippen LogP contribution >= 0.6 is 24.0 Å². The lowest BCUT2D eigenvalue weighted by atomic mass is 10.1. The first-order chi connectivity index (χ1) is 10.2. The SMILES string of the molecule is COc1ccc(Nc2cc(C)nc3cc(Cl)ccc23)cc1.Cl. The molecule has 1 heterocycles. The summed E-state index contributed by atoms with van der Waals surface area (Å²) in [5, 5.41) is 5.15. The molecule has 0 radical (unpaired) electrons. The lowest BCUT2D eigenvalue weighted by molar-refractivity contribution is 0.415. The van der Waals surface area contributed by atoms with Crippen LogP contribution in [0.5, 0.6) is 5.75 Å². The summed E-state index contributed by atoms with van der Waals surface area (Å²) in [4.78, 5) is 4.52. The van der Waals surface area contributed by atoms with Gasteiger partial charge < -0.3 is 10.1 Å². The Labute approximate surface area is 140 Å². The molecule has 0 saturated heterocycles. The Bertz CT molecular complexity index is 783. The van der Waals surface area contributed by atoms with Gasteiger partial charge in [0.15, 0.2) is 0 Å². The van der Waals surface area contributed by atoms with Crippen molar-refractivity contribution in [3.05, 3.63) is 59.2 Å². The van der Waals surface area contributed by atoms with Crippen LogP contribution in [0.25, 0.3) is 10.9 Å². The number of pyridine rings is 1. The maximum Gasteiger partial charge on any atom is 0.119 e. The molecule has 0 fully saturated rings. The molecule has 3 aromatic rings. The second kappa shape index (κ2) is 6.86. The molecular weight excluding hydrogens is 319 g/mol. The van der Waals surface area contributed by atoms with Gasteiger partial charge in [-0.1, -0.05) is 11.6 Å². The molecule has 22 heavy (non-hydrogen) atoms. The molecular formula is C17H16Cl2N2O. The zero-order chi connectivity index (χ0) is 14.8. The Balaban J connectivity index is 0.00000176. The van der Waals surface area contributed by atoms with Gasteiger partial charge in [0.2, 0.25) is 0 Å². The van der Waals surface area contributed by atoms with E-state index in [0.29, 0.717) is 5.02 Å². The van der Waals surface area contributed by atoms with Gasteiger partial charge in [-0.15, -0.1) is 12.4 Å². The average molecular weight is 335 g/mol. The molecule has 0 aliphatic carbocycles. The van der Waals surface area contributed by atoms with E-state index in [1.165, 1.54) is 0 Å². The number of anilines is 2. The van der Waals surface area contributed by atoms with Crippen LogP contribution in [-0.2, 0) is 0 Å². The molecule has 0 unspecified atom stereocenters. The summed E-state index contributed by atoms with van der Waals surface area (Å²) >= 11 is 6.04. The number of fused-ring (bicyclic) bond motifs is 1. The zero-order valence-corrected chi connectivity index (χ0v) is 13.8. The Hall–Kier alpha value is -1.97. The highest BCUT2D eigenvalue weighted by Gasteiger charge is 2.05. The number of rotatable bonds is 3. The van der Waals surface area contributed by atoms with E-state index in [2.05, 4.69) is 10.3 Å². The number of aryl methyl sites for hydroxylation is 1. The summed E-state index contributed by atoms with van der Waals surface area (Å²) in [6.45, 7) is 1.97. The lowest BCUT2D eigenvalue weighted by Gasteiger charge is -2.11. The van der Waals surface area contributed by atoms with Gasteiger partial charge in [-0.25, -0.2) is 0 Å². The van der Waals surface area contributed by atoms with Gasteiger partial charge in [0.05, 0.1) is 12.6 Å². The third kappa shape index (κ3) is 3.43. The standard InChI is InChI=1S/C17H15ClN2O.ClH/c1-11-9-16(15-8-3-12(18)10-17(15)19-11)20-13-4-6-14(21-2)7-5-13;/h3-10H,1-2H3,(H,19,20);1H. The molecule has 0 spiro atoms. The number of hydrogen-bond donors (Lipinski definition) is 1. The average Bonchev–Trinajstić information content (AvgIpc) is 2.47. The highest BCUT2D eigenvalue weighted by molar-refractivity contribution is 6.31. The predicted octanol–water partition coefficient (Wildman–Crippen LogP) is 5.37. The number of aromatic nitrogens is 1. The molecule has 114 valence electrons. The van der Waals surface area contributed by atoms with E-state index >= 15 is 0 Å².